The number of piperazine rings is 2. The van der Waals surface area contributed by atoms with E-state index in [-0.39, 0.29) is 17.7 Å². The van der Waals surface area contributed by atoms with Crippen LogP contribution in [0, 0.1) is 5.92 Å². The molecule has 0 aromatic heterocycles. The van der Waals surface area contributed by atoms with Gasteiger partial charge in [-0.25, -0.2) is 19.6 Å². The van der Waals surface area contributed by atoms with Gasteiger partial charge in [-0.1, -0.05) is 43.3 Å². The maximum absolute atomic E-state index is 13.5. The van der Waals surface area contributed by atoms with Crippen LogP contribution in [0.5, 0.6) is 0 Å². The van der Waals surface area contributed by atoms with Crippen LogP contribution in [0.1, 0.15) is 6.92 Å². The molecule has 52 heavy (non-hydrogen) atoms. The molecule has 4 unspecified atom stereocenters. The van der Waals surface area contributed by atoms with E-state index in [4.69, 9.17) is 9.98 Å². The Kier molecular flexibility index (Phi) is 8.75. The molecule has 2 aromatic carbocycles. The van der Waals surface area contributed by atoms with Gasteiger partial charge in [0.25, 0.3) is 11.8 Å². The number of imide groups is 2. The summed E-state index contributed by atoms with van der Waals surface area (Å²) in [7, 11) is 3.34. The molecule has 6 aliphatic heterocycles. The molecule has 274 valence electrons. The highest BCUT2D eigenvalue weighted by Crippen LogP contribution is 2.31. The number of hydrogen-bond donors (Lipinski definition) is 2. The highest BCUT2D eigenvalue weighted by Gasteiger charge is 2.52. The number of fused-ring (bicyclic) bond motifs is 2. The van der Waals surface area contributed by atoms with Crippen LogP contribution in [0.2, 0.25) is 0 Å². The van der Waals surface area contributed by atoms with Gasteiger partial charge in [-0.05, 0) is 30.2 Å². The van der Waals surface area contributed by atoms with Crippen molar-refractivity contribution < 1.29 is 19.2 Å². The van der Waals surface area contributed by atoms with Gasteiger partial charge in [0.15, 0.2) is 36.3 Å². The molecular formula is C36H46N12O4. The fraction of sp³-hybridized carbons (Fsp3) is 0.500. The molecule has 2 N–H and O–H groups in total. The molecule has 4 saturated heterocycles. The normalized spacial score (nSPS) is 27.0. The molecule has 4 atom stereocenters. The van der Waals surface area contributed by atoms with Crippen LogP contribution in [-0.4, -0.2) is 169 Å². The lowest BCUT2D eigenvalue weighted by Gasteiger charge is -2.43. The van der Waals surface area contributed by atoms with Crippen LogP contribution in [0.3, 0.4) is 0 Å². The van der Waals surface area contributed by atoms with Crippen molar-refractivity contribution in [2.75, 3.05) is 89.3 Å². The summed E-state index contributed by atoms with van der Waals surface area (Å²) in [5.74, 6) is 0.604. The Labute approximate surface area is 303 Å². The maximum atomic E-state index is 13.5. The molecule has 6 heterocycles. The van der Waals surface area contributed by atoms with Crippen LogP contribution in [-0.2, 0) is 9.59 Å². The standard InChI is InChI=1S/C36H46N12O4/c1-24(22-47-27-29(41(2)35(51)39-31(27)49)37-33(47)45-18-14-43(15-19-45)25-10-6-4-7-11-25)23-48-28-30(42(3)36(52)40-32(28)50)38-34(48)46-20-16-44(17-21-46)26-12-8-5-9-13-26/h4-13,24,27-30H,14-23H2,1-3H3,(H,39,49,51)(H,40,50,52). The number of likely N-dealkylation sites (N-methyl/N-ethyl adjacent to an activating group) is 2. The van der Waals surface area contributed by atoms with E-state index >= 15 is 0 Å². The first-order valence-corrected chi connectivity index (χ1v) is 18.1. The number of hydrogen-bond acceptors (Lipinski definition) is 12. The van der Waals surface area contributed by atoms with Crippen molar-refractivity contribution >= 4 is 47.2 Å². The second kappa shape index (κ2) is 13.5. The molecule has 6 aliphatic rings. The lowest BCUT2D eigenvalue weighted by atomic mass is 10.0. The first kappa shape index (κ1) is 33.6. The molecule has 8 rings (SSSR count). The topological polar surface area (TPSA) is 143 Å². The number of urea groups is 2. The van der Waals surface area contributed by atoms with Gasteiger partial charge in [0, 0.05) is 90.9 Å². The van der Waals surface area contributed by atoms with Gasteiger partial charge in [0.2, 0.25) is 0 Å². The van der Waals surface area contributed by atoms with Crippen molar-refractivity contribution in [2.24, 2.45) is 15.9 Å². The number of aliphatic imine (C=N–C) groups is 2. The summed E-state index contributed by atoms with van der Waals surface area (Å²) >= 11 is 0. The number of rotatable bonds is 6. The highest BCUT2D eigenvalue weighted by atomic mass is 16.2. The highest BCUT2D eigenvalue weighted by molar-refractivity contribution is 6.04. The van der Waals surface area contributed by atoms with Crippen LogP contribution >= 0.6 is 0 Å². The van der Waals surface area contributed by atoms with Crippen LogP contribution in [0.25, 0.3) is 0 Å². The van der Waals surface area contributed by atoms with E-state index in [0.29, 0.717) is 51.2 Å². The van der Waals surface area contributed by atoms with Crippen molar-refractivity contribution in [2.45, 2.75) is 31.3 Å². The minimum absolute atomic E-state index is 0.0735. The van der Waals surface area contributed by atoms with E-state index in [1.54, 1.807) is 14.1 Å². The van der Waals surface area contributed by atoms with Crippen LogP contribution in [0.15, 0.2) is 70.6 Å². The van der Waals surface area contributed by atoms with Crippen molar-refractivity contribution in [3.05, 3.63) is 60.7 Å². The lowest BCUT2D eigenvalue weighted by molar-refractivity contribution is -0.127. The number of carbonyl (C=O) groups excluding carboxylic acids is 4. The van der Waals surface area contributed by atoms with Crippen molar-refractivity contribution in [3.63, 3.8) is 0 Å². The number of benzene rings is 2. The Morgan fingerprint density at radius 2 is 0.923 bits per heavy atom. The number of carbonyl (C=O) groups is 4. The fourth-order valence-electron chi connectivity index (χ4n) is 8.28. The molecule has 4 fully saturated rings. The molecule has 0 bridgehead atoms. The molecule has 0 radical (unpaired) electrons. The van der Waals surface area contributed by atoms with Gasteiger partial charge in [-0.3, -0.25) is 20.2 Å². The predicted molar refractivity (Wildman–Crippen MR) is 196 cm³/mol. The molecular weight excluding hydrogens is 664 g/mol. The summed E-state index contributed by atoms with van der Waals surface area (Å²) < 4.78 is 0. The number of guanidine groups is 2. The Morgan fingerprint density at radius 3 is 1.29 bits per heavy atom. The minimum atomic E-state index is -0.681. The van der Waals surface area contributed by atoms with Crippen LogP contribution in [0.4, 0.5) is 21.0 Å². The summed E-state index contributed by atoms with van der Waals surface area (Å²) in [6, 6.07) is 18.3. The van der Waals surface area contributed by atoms with Gasteiger partial charge in [-0.15, -0.1) is 0 Å². The molecule has 2 aromatic rings. The van der Waals surface area contributed by atoms with Gasteiger partial charge in [0.05, 0.1) is 0 Å². The van der Waals surface area contributed by atoms with Gasteiger partial charge >= 0.3 is 12.1 Å². The minimum Gasteiger partial charge on any atom is -0.368 e. The van der Waals surface area contributed by atoms with E-state index in [9.17, 15) is 19.2 Å². The van der Waals surface area contributed by atoms with Gasteiger partial charge < -0.3 is 39.2 Å². The van der Waals surface area contributed by atoms with Crippen LogP contribution < -0.4 is 20.4 Å². The van der Waals surface area contributed by atoms with E-state index < -0.39 is 36.5 Å². The average Bonchev–Trinajstić information content (AvgIpc) is 3.73. The first-order chi connectivity index (χ1) is 25.2. The second-order valence-electron chi connectivity index (χ2n) is 14.4. The van der Waals surface area contributed by atoms with Gasteiger partial charge in [0.1, 0.15) is 0 Å². The molecule has 0 aliphatic carbocycles. The molecule has 16 heteroatoms. The first-order valence-electron chi connectivity index (χ1n) is 18.1. The summed E-state index contributed by atoms with van der Waals surface area (Å²) in [5, 5.41) is 5.04. The molecule has 0 saturated carbocycles. The SMILES string of the molecule is CC(CN1C(N2CCN(c3ccccc3)CC2)=NC2C1C(=O)NC(=O)N2C)CN1C(N2CCN(c3ccccc3)CC2)=NC2C1C(=O)NC(=O)N2C. The van der Waals surface area contributed by atoms with Crippen molar-refractivity contribution in [1.29, 1.82) is 0 Å². The lowest BCUT2D eigenvalue weighted by Crippen LogP contribution is -2.66. The Bertz CT molecular complexity index is 1630. The third kappa shape index (κ3) is 5.98. The summed E-state index contributed by atoms with van der Waals surface area (Å²) in [6.45, 7) is 8.99. The number of anilines is 2. The van der Waals surface area contributed by atoms with E-state index in [2.05, 4.69) is 61.4 Å². The second-order valence-corrected chi connectivity index (χ2v) is 14.4. The zero-order chi connectivity index (χ0) is 36.1. The summed E-state index contributed by atoms with van der Waals surface area (Å²) in [4.78, 5) is 78.6. The maximum Gasteiger partial charge on any atom is 0.325 e. The number of para-hydroxylation sites is 2. The Morgan fingerprint density at radius 1 is 0.577 bits per heavy atom. The van der Waals surface area contributed by atoms with Gasteiger partial charge in [-0.2, -0.15) is 0 Å². The zero-order valence-corrected chi connectivity index (χ0v) is 29.8. The fourth-order valence-corrected chi connectivity index (χ4v) is 8.28. The van der Waals surface area contributed by atoms with Crippen molar-refractivity contribution in [3.8, 4) is 0 Å². The summed E-state index contributed by atoms with van der Waals surface area (Å²) in [6.07, 6.45) is -1.29. The van der Waals surface area contributed by atoms with Crippen molar-refractivity contribution in [1.82, 2.24) is 40.0 Å². The number of nitrogens with one attached hydrogen (secondary N) is 2. The third-order valence-electron chi connectivity index (χ3n) is 11.1. The Balaban J connectivity index is 1.02. The average molecular weight is 711 g/mol. The molecule has 0 spiro atoms. The van der Waals surface area contributed by atoms with E-state index in [0.717, 1.165) is 26.2 Å². The monoisotopic (exact) mass is 710 g/mol. The third-order valence-corrected chi connectivity index (χ3v) is 11.1. The quantitative estimate of drug-likeness (QED) is 0.432. The largest absolute Gasteiger partial charge is 0.368 e. The molecule has 16 nitrogen and oxygen atoms in total. The predicted octanol–water partition coefficient (Wildman–Crippen LogP) is 0.363. The number of amides is 6. The number of nitrogens with zero attached hydrogens (tertiary/aromatic N) is 10. The zero-order valence-electron chi connectivity index (χ0n) is 29.8. The molecule has 6 amide bonds. The van der Waals surface area contributed by atoms with E-state index in [1.807, 2.05) is 46.2 Å². The van der Waals surface area contributed by atoms with E-state index in [1.165, 1.54) is 21.2 Å². The Hall–Kier alpha value is -5.54. The smallest absolute Gasteiger partial charge is 0.325 e. The summed E-state index contributed by atoms with van der Waals surface area (Å²) in [5.41, 5.74) is 2.34.